The number of anilines is 1. The van der Waals surface area contributed by atoms with Crippen molar-refractivity contribution in [2.24, 2.45) is 5.92 Å². The molecular weight excluding hydrogens is 386 g/mol. The zero-order valence-electron chi connectivity index (χ0n) is 16.9. The van der Waals surface area contributed by atoms with Crippen LogP contribution in [0, 0.1) is 5.92 Å². The number of rotatable bonds is 9. The summed E-state index contributed by atoms with van der Waals surface area (Å²) in [7, 11) is 0. The summed E-state index contributed by atoms with van der Waals surface area (Å²) in [6.07, 6.45) is 2.50. The Labute approximate surface area is 175 Å². The Hall–Kier alpha value is -3.61. The molecule has 0 fully saturated rings. The lowest BCUT2D eigenvalue weighted by Crippen LogP contribution is -2.22. The smallest absolute Gasteiger partial charge is 0.412 e. The van der Waals surface area contributed by atoms with Crippen molar-refractivity contribution in [3.63, 3.8) is 0 Å². The van der Waals surface area contributed by atoms with Crippen molar-refractivity contribution in [3.05, 3.63) is 71.8 Å². The number of amides is 1. The van der Waals surface area contributed by atoms with Gasteiger partial charge in [-0.15, -0.1) is 0 Å². The summed E-state index contributed by atoms with van der Waals surface area (Å²) in [6, 6.07) is 12.9. The van der Waals surface area contributed by atoms with E-state index in [1.807, 2.05) is 6.92 Å². The molecule has 158 valence electrons. The van der Waals surface area contributed by atoms with Gasteiger partial charge in [-0.05, 0) is 67.6 Å². The van der Waals surface area contributed by atoms with Crippen molar-refractivity contribution in [2.45, 2.75) is 32.8 Å². The number of aliphatic carboxylic acids is 1. The van der Waals surface area contributed by atoms with Gasteiger partial charge in [0.2, 0.25) is 0 Å². The second-order valence-electron chi connectivity index (χ2n) is 6.97. The standard InChI is InChI=1S/C23H25NO6/c1-15(5-3-4-6-21(27)28)22(18-9-13-20(26)14-10-18)30-23(29)24-19-11-7-17(8-12-19)16(2)25/h4,6-15,22,26H,3,5H2,1-2H3,(H,24,29)(H,27,28)/b6-4+/t15-,22-/m1/s1. The van der Waals surface area contributed by atoms with Crippen LogP contribution in [0.4, 0.5) is 10.5 Å². The molecular formula is C23H25NO6. The topological polar surface area (TPSA) is 113 Å². The van der Waals surface area contributed by atoms with Gasteiger partial charge in [0.15, 0.2) is 5.78 Å². The number of ketones is 1. The van der Waals surface area contributed by atoms with Gasteiger partial charge in [-0.1, -0.05) is 25.1 Å². The summed E-state index contributed by atoms with van der Waals surface area (Å²) >= 11 is 0. The van der Waals surface area contributed by atoms with Crippen molar-refractivity contribution >= 4 is 23.5 Å². The average Bonchev–Trinajstić information content (AvgIpc) is 2.70. The Morgan fingerprint density at radius 3 is 2.27 bits per heavy atom. The molecule has 0 saturated carbocycles. The quantitative estimate of drug-likeness (QED) is 0.398. The summed E-state index contributed by atoms with van der Waals surface area (Å²) in [5.41, 5.74) is 1.75. The highest BCUT2D eigenvalue weighted by atomic mass is 16.6. The number of carboxylic acid groups (broad SMARTS) is 1. The van der Waals surface area contributed by atoms with Crippen molar-refractivity contribution < 1.29 is 29.3 Å². The number of nitrogens with one attached hydrogen (secondary N) is 1. The van der Waals surface area contributed by atoms with Gasteiger partial charge in [0.25, 0.3) is 0 Å². The molecule has 2 atom stereocenters. The van der Waals surface area contributed by atoms with Crippen LogP contribution in [-0.2, 0) is 9.53 Å². The van der Waals surface area contributed by atoms with E-state index in [0.717, 1.165) is 6.08 Å². The summed E-state index contributed by atoms with van der Waals surface area (Å²) in [5.74, 6) is -1.09. The fourth-order valence-corrected chi connectivity index (χ4v) is 2.92. The third-order valence-corrected chi connectivity index (χ3v) is 4.56. The molecule has 0 saturated heterocycles. The minimum absolute atomic E-state index is 0.0673. The van der Waals surface area contributed by atoms with Crippen LogP contribution < -0.4 is 5.32 Å². The Kier molecular flexibility index (Phi) is 8.17. The third kappa shape index (κ3) is 7.09. The third-order valence-electron chi connectivity index (χ3n) is 4.56. The normalized spacial score (nSPS) is 12.9. The summed E-state index contributed by atoms with van der Waals surface area (Å²) in [4.78, 5) is 34.4. The predicted octanol–water partition coefficient (Wildman–Crippen LogP) is 4.94. The van der Waals surface area contributed by atoms with E-state index in [4.69, 9.17) is 9.84 Å². The predicted molar refractivity (Wildman–Crippen MR) is 113 cm³/mol. The molecule has 0 unspecified atom stereocenters. The zero-order valence-corrected chi connectivity index (χ0v) is 16.9. The van der Waals surface area contributed by atoms with E-state index in [0.29, 0.717) is 29.7 Å². The Bertz CT molecular complexity index is 902. The van der Waals surface area contributed by atoms with E-state index in [1.54, 1.807) is 42.5 Å². The molecule has 1 amide bonds. The average molecular weight is 411 g/mol. The first-order chi connectivity index (χ1) is 14.3. The molecule has 7 nitrogen and oxygen atoms in total. The lowest BCUT2D eigenvalue weighted by molar-refractivity contribution is -0.131. The van der Waals surface area contributed by atoms with Crippen LogP contribution >= 0.6 is 0 Å². The van der Waals surface area contributed by atoms with Crippen LogP contribution in [0.5, 0.6) is 5.75 Å². The summed E-state index contributed by atoms with van der Waals surface area (Å²) < 4.78 is 5.66. The number of phenols is 1. The maximum absolute atomic E-state index is 12.5. The van der Waals surface area contributed by atoms with E-state index >= 15 is 0 Å². The number of hydrogen-bond acceptors (Lipinski definition) is 5. The first kappa shape index (κ1) is 22.7. The summed E-state index contributed by atoms with van der Waals surface area (Å²) in [6.45, 7) is 3.37. The van der Waals surface area contributed by atoms with Gasteiger partial charge >= 0.3 is 12.1 Å². The van der Waals surface area contributed by atoms with Gasteiger partial charge in [0, 0.05) is 17.3 Å². The van der Waals surface area contributed by atoms with Crippen molar-refractivity contribution in [1.82, 2.24) is 0 Å². The molecule has 0 aliphatic rings. The first-order valence-corrected chi connectivity index (χ1v) is 9.53. The molecule has 3 N–H and O–H groups in total. The number of allylic oxidation sites excluding steroid dienone is 1. The van der Waals surface area contributed by atoms with E-state index in [2.05, 4.69) is 5.32 Å². The fourth-order valence-electron chi connectivity index (χ4n) is 2.92. The number of hydrogen-bond donors (Lipinski definition) is 3. The number of benzene rings is 2. The minimum Gasteiger partial charge on any atom is -0.508 e. The summed E-state index contributed by atoms with van der Waals surface area (Å²) in [5, 5.41) is 20.9. The van der Waals surface area contributed by atoms with Gasteiger partial charge in [-0.3, -0.25) is 10.1 Å². The second kappa shape index (κ2) is 10.8. The van der Waals surface area contributed by atoms with Crippen LogP contribution in [0.15, 0.2) is 60.7 Å². The number of carbonyl (C=O) groups excluding carboxylic acids is 2. The van der Waals surface area contributed by atoms with Crippen LogP contribution in [0.3, 0.4) is 0 Å². The molecule has 7 heteroatoms. The second-order valence-corrected chi connectivity index (χ2v) is 6.97. The monoisotopic (exact) mass is 411 g/mol. The minimum atomic E-state index is -1.01. The number of carbonyl (C=O) groups is 3. The van der Waals surface area contributed by atoms with E-state index < -0.39 is 18.2 Å². The Morgan fingerprint density at radius 1 is 1.07 bits per heavy atom. The molecule has 2 aromatic carbocycles. The van der Waals surface area contributed by atoms with Gasteiger partial charge < -0.3 is 14.9 Å². The van der Waals surface area contributed by atoms with Crippen LogP contribution in [-0.4, -0.2) is 28.1 Å². The molecule has 0 aromatic heterocycles. The van der Waals surface area contributed by atoms with E-state index in [9.17, 15) is 19.5 Å². The zero-order chi connectivity index (χ0) is 22.1. The van der Waals surface area contributed by atoms with E-state index in [1.165, 1.54) is 19.1 Å². The highest BCUT2D eigenvalue weighted by Gasteiger charge is 2.23. The highest BCUT2D eigenvalue weighted by molar-refractivity contribution is 5.95. The molecule has 0 heterocycles. The first-order valence-electron chi connectivity index (χ1n) is 9.53. The van der Waals surface area contributed by atoms with Gasteiger partial charge in [0.1, 0.15) is 11.9 Å². The Morgan fingerprint density at radius 2 is 1.70 bits per heavy atom. The molecule has 0 bridgehead atoms. The number of carboxylic acids is 1. The highest BCUT2D eigenvalue weighted by Crippen LogP contribution is 2.31. The van der Waals surface area contributed by atoms with Gasteiger partial charge in [-0.25, -0.2) is 9.59 Å². The lowest BCUT2D eigenvalue weighted by atomic mass is 9.93. The number of ether oxygens (including phenoxy) is 1. The molecule has 30 heavy (non-hydrogen) atoms. The molecule has 0 spiro atoms. The molecule has 0 radical (unpaired) electrons. The van der Waals surface area contributed by atoms with Gasteiger partial charge in [0.05, 0.1) is 0 Å². The Balaban J connectivity index is 2.09. The van der Waals surface area contributed by atoms with E-state index in [-0.39, 0.29) is 17.5 Å². The largest absolute Gasteiger partial charge is 0.508 e. The molecule has 2 aromatic rings. The lowest BCUT2D eigenvalue weighted by Gasteiger charge is -2.24. The molecule has 0 aliphatic heterocycles. The van der Waals surface area contributed by atoms with Crippen molar-refractivity contribution in [2.75, 3.05) is 5.32 Å². The maximum atomic E-state index is 12.5. The van der Waals surface area contributed by atoms with Crippen molar-refractivity contribution in [1.29, 1.82) is 0 Å². The van der Waals surface area contributed by atoms with Gasteiger partial charge in [-0.2, -0.15) is 0 Å². The number of aromatic hydroxyl groups is 1. The van der Waals surface area contributed by atoms with Crippen LogP contribution in [0.2, 0.25) is 0 Å². The van der Waals surface area contributed by atoms with Crippen LogP contribution in [0.1, 0.15) is 48.7 Å². The molecule has 0 aliphatic carbocycles. The SMILES string of the molecule is CC(=O)c1ccc(NC(=O)O[C@@H](c2ccc(O)cc2)[C@H](C)CC/C=C/C(=O)O)cc1. The van der Waals surface area contributed by atoms with Crippen LogP contribution in [0.25, 0.3) is 0 Å². The fraction of sp³-hybridized carbons (Fsp3) is 0.261. The van der Waals surface area contributed by atoms with Crippen molar-refractivity contribution in [3.8, 4) is 5.75 Å². The maximum Gasteiger partial charge on any atom is 0.412 e. The molecule has 2 rings (SSSR count). The number of Topliss-reactive ketones (excluding diaryl/α,β-unsaturated/α-hetero) is 1. The number of phenolic OH excluding ortho intramolecular Hbond substituents is 1.